The summed E-state index contributed by atoms with van der Waals surface area (Å²) >= 11 is 0. The van der Waals surface area contributed by atoms with Crippen LogP contribution in [0.2, 0.25) is 0 Å². The van der Waals surface area contributed by atoms with Crippen LogP contribution in [0, 0.1) is 20.8 Å². The fourth-order valence-electron chi connectivity index (χ4n) is 8.09. The van der Waals surface area contributed by atoms with Gasteiger partial charge in [-0.15, -0.1) is 0 Å². The zero-order valence-corrected chi connectivity index (χ0v) is 29.7. The summed E-state index contributed by atoms with van der Waals surface area (Å²) in [6, 6.07) is 58.2. The van der Waals surface area contributed by atoms with Gasteiger partial charge in [-0.25, -0.2) is 0 Å². The van der Waals surface area contributed by atoms with Gasteiger partial charge in [0, 0.05) is 22.4 Å². The first-order valence-electron chi connectivity index (χ1n) is 17.7. The molecule has 0 saturated heterocycles. The fourth-order valence-corrected chi connectivity index (χ4v) is 8.09. The van der Waals surface area contributed by atoms with Gasteiger partial charge in [0.2, 0.25) is 0 Å². The maximum Gasteiger partial charge on any atom is 0.0543 e. The third-order valence-corrected chi connectivity index (χ3v) is 10.9. The third-order valence-electron chi connectivity index (χ3n) is 10.9. The molecule has 0 atom stereocenters. The Kier molecular flexibility index (Phi) is 8.00. The summed E-state index contributed by atoms with van der Waals surface area (Å²) < 4.78 is 0. The largest absolute Gasteiger partial charge is 0.310 e. The lowest BCUT2D eigenvalue weighted by Gasteiger charge is -2.29. The van der Waals surface area contributed by atoms with Crippen molar-refractivity contribution in [3.05, 3.63) is 197 Å². The molecule has 0 spiro atoms. The summed E-state index contributed by atoms with van der Waals surface area (Å²) in [6.45, 7) is 11.4. The smallest absolute Gasteiger partial charge is 0.0543 e. The summed E-state index contributed by atoms with van der Waals surface area (Å²) in [5, 5.41) is 0. The van der Waals surface area contributed by atoms with Crippen molar-refractivity contribution in [1.29, 1.82) is 0 Å². The summed E-state index contributed by atoms with van der Waals surface area (Å²) in [5.41, 5.74) is 20.5. The van der Waals surface area contributed by atoms with Crippen molar-refractivity contribution in [2.75, 3.05) is 4.90 Å². The van der Waals surface area contributed by atoms with Crippen molar-refractivity contribution in [2.24, 2.45) is 0 Å². The molecule has 1 aliphatic rings. The number of aryl methyl sites for hydroxylation is 2. The van der Waals surface area contributed by atoms with Crippen LogP contribution in [-0.2, 0) is 11.8 Å². The Morgan fingerprint density at radius 2 is 1.10 bits per heavy atom. The van der Waals surface area contributed by atoms with E-state index in [0.29, 0.717) is 0 Å². The number of anilines is 3. The Labute approximate surface area is 297 Å². The molecule has 1 aliphatic carbocycles. The van der Waals surface area contributed by atoms with Gasteiger partial charge in [0.05, 0.1) is 5.69 Å². The van der Waals surface area contributed by atoms with Crippen LogP contribution in [0.25, 0.3) is 33.4 Å². The Morgan fingerprint density at radius 1 is 0.480 bits per heavy atom. The molecule has 0 unspecified atom stereocenters. The lowest BCUT2D eigenvalue weighted by atomic mass is 9.82. The highest BCUT2D eigenvalue weighted by molar-refractivity contribution is 5.95. The number of benzene rings is 7. The average molecular weight is 646 g/mol. The third kappa shape index (κ3) is 5.44. The minimum atomic E-state index is -0.0796. The van der Waals surface area contributed by atoms with Crippen LogP contribution in [0.4, 0.5) is 17.1 Å². The molecule has 244 valence electrons. The molecule has 0 heterocycles. The van der Waals surface area contributed by atoms with E-state index in [2.05, 4.69) is 197 Å². The van der Waals surface area contributed by atoms with E-state index >= 15 is 0 Å². The molecule has 8 rings (SSSR count). The summed E-state index contributed by atoms with van der Waals surface area (Å²) in [5.74, 6) is 0. The maximum absolute atomic E-state index is 2.47. The fraction of sp³-hybridized carbons (Fsp3) is 0.143. The molecule has 50 heavy (non-hydrogen) atoms. The number of fused-ring (bicyclic) bond motifs is 3. The van der Waals surface area contributed by atoms with Crippen molar-refractivity contribution in [2.45, 2.75) is 46.5 Å². The number of hydrogen-bond acceptors (Lipinski definition) is 1. The van der Waals surface area contributed by atoms with E-state index in [9.17, 15) is 0 Å². The van der Waals surface area contributed by atoms with E-state index in [1.165, 1.54) is 78.0 Å². The molecule has 0 aromatic heterocycles. The highest BCUT2D eigenvalue weighted by Crippen LogP contribution is 2.54. The van der Waals surface area contributed by atoms with Gasteiger partial charge >= 0.3 is 0 Å². The van der Waals surface area contributed by atoms with Crippen molar-refractivity contribution in [3.8, 4) is 33.4 Å². The van der Waals surface area contributed by atoms with Gasteiger partial charge in [-0.1, -0.05) is 141 Å². The highest BCUT2D eigenvalue weighted by atomic mass is 15.1. The maximum atomic E-state index is 2.47. The van der Waals surface area contributed by atoms with Crippen LogP contribution in [-0.4, -0.2) is 0 Å². The Balaban J connectivity index is 1.27. The van der Waals surface area contributed by atoms with Gasteiger partial charge in [0.15, 0.2) is 0 Å². The van der Waals surface area contributed by atoms with Crippen molar-refractivity contribution in [3.63, 3.8) is 0 Å². The minimum Gasteiger partial charge on any atom is -0.310 e. The summed E-state index contributed by atoms with van der Waals surface area (Å²) in [7, 11) is 0. The molecule has 7 aromatic carbocycles. The molecule has 0 amide bonds. The quantitative estimate of drug-likeness (QED) is 0.167. The predicted octanol–water partition coefficient (Wildman–Crippen LogP) is 13.3. The predicted molar refractivity (Wildman–Crippen MR) is 213 cm³/mol. The lowest BCUT2D eigenvalue weighted by Crippen LogP contribution is -2.16. The van der Waals surface area contributed by atoms with E-state index in [4.69, 9.17) is 0 Å². The zero-order valence-electron chi connectivity index (χ0n) is 29.7. The number of hydrogen-bond donors (Lipinski definition) is 0. The number of rotatable bonds is 7. The molecule has 0 fully saturated rings. The summed E-state index contributed by atoms with van der Waals surface area (Å²) in [4.78, 5) is 2.47. The monoisotopic (exact) mass is 645 g/mol. The Morgan fingerprint density at radius 3 is 1.88 bits per heavy atom. The minimum absolute atomic E-state index is 0.0796. The molecular weight excluding hydrogens is 603 g/mol. The van der Waals surface area contributed by atoms with Gasteiger partial charge in [0.1, 0.15) is 0 Å². The average Bonchev–Trinajstić information content (AvgIpc) is 3.37. The van der Waals surface area contributed by atoms with E-state index in [1.807, 2.05) is 0 Å². The van der Waals surface area contributed by atoms with E-state index in [-0.39, 0.29) is 5.41 Å². The van der Waals surface area contributed by atoms with Crippen molar-refractivity contribution >= 4 is 17.1 Å². The first-order valence-corrected chi connectivity index (χ1v) is 17.7. The van der Waals surface area contributed by atoms with Crippen LogP contribution in [0.3, 0.4) is 0 Å². The molecular formula is C49H43N. The first kappa shape index (κ1) is 31.6. The Bertz CT molecular complexity index is 2360. The van der Waals surface area contributed by atoms with Crippen LogP contribution in [0.5, 0.6) is 0 Å². The van der Waals surface area contributed by atoms with E-state index < -0.39 is 0 Å². The lowest BCUT2D eigenvalue weighted by molar-refractivity contribution is 0.660. The molecule has 0 saturated carbocycles. The molecule has 7 aromatic rings. The van der Waals surface area contributed by atoms with Crippen molar-refractivity contribution < 1.29 is 0 Å². The van der Waals surface area contributed by atoms with E-state index in [0.717, 1.165) is 17.8 Å². The second-order valence-electron chi connectivity index (χ2n) is 14.3. The van der Waals surface area contributed by atoms with Gasteiger partial charge in [-0.05, 0) is 124 Å². The molecule has 0 bridgehead atoms. The topological polar surface area (TPSA) is 3.24 Å². The molecule has 1 heteroatoms. The Hall–Kier alpha value is -5.66. The summed E-state index contributed by atoms with van der Waals surface area (Å²) in [6.07, 6.45) is 0.895. The second-order valence-corrected chi connectivity index (χ2v) is 14.3. The van der Waals surface area contributed by atoms with Gasteiger partial charge in [-0.2, -0.15) is 0 Å². The standard InChI is InChI=1S/C49H43N/c1-33-15-6-8-18-38(33)31-36-17-12-19-40(32-36)50(47-26-14-25-46-48(47)44-21-10-11-24-45(44)49(46,4)5)39-29-27-37(28-30-39)42-22-13-23-43(35(42)3)41-20-9-7-16-34(41)2/h6-30,32H,31H2,1-5H3. The normalized spacial score (nSPS) is 12.7. The van der Waals surface area contributed by atoms with E-state index in [1.54, 1.807) is 0 Å². The number of nitrogens with zero attached hydrogens (tertiary/aromatic N) is 1. The molecule has 0 radical (unpaired) electrons. The van der Waals surface area contributed by atoms with Gasteiger partial charge in [0.25, 0.3) is 0 Å². The second kappa shape index (κ2) is 12.7. The molecule has 0 N–H and O–H groups in total. The zero-order chi connectivity index (χ0) is 34.4. The van der Waals surface area contributed by atoms with Crippen LogP contribution >= 0.6 is 0 Å². The van der Waals surface area contributed by atoms with Crippen LogP contribution in [0.1, 0.15) is 52.8 Å². The first-order chi connectivity index (χ1) is 24.3. The van der Waals surface area contributed by atoms with Crippen molar-refractivity contribution in [1.82, 2.24) is 0 Å². The van der Waals surface area contributed by atoms with Crippen LogP contribution in [0.15, 0.2) is 158 Å². The van der Waals surface area contributed by atoms with Crippen LogP contribution < -0.4 is 4.90 Å². The molecule has 0 aliphatic heterocycles. The molecule has 1 nitrogen and oxygen atoms in total. The van der Waals surface area contributed by atoms with Gasteiger partial charge in [-0.3, -0.25) is 0 Å². The highest BCUT2D eigenvalue weighted by Gasteiger charge is 2.37. The SMILES string of the molecule is Cc1ccccc1Cc1cccc(N(c2ccc(-c3cccc(-c4ccccc4C)c3C)cc2)c2cccc3c2-c2ccccc2C3(C)C)c1. The van der Waals surface area contributed by atoms with Gasteiger partial charge < -0.3 is 4.90 Å².